The summed E-state index contributed by atoms with van der Waals surface area (Å²) in [5, 5.41) is 14.7. The molecule has 2 rings (SSSR count). The number of carbonyl (C=O) groups is 2. The quantitative estimate of drug-likeness (QED) is 0.844. The van der Waals surface area contributed by atoms with Crippen LogP contribution in [0.25, 0.3) is 0 Å². The summed E-state index contributed by atoms with van der Waals surface area (Å²) >= 11 is 0. The summed E-state index contributed by atoms with van der Waals surface area (Å²) in [6, 6.07) is 0. The molecule has 0 unspecified atom stereocenters. The molecule has 1 saturated heterocycles. The molecular formula is C13H22N6O2. The highest BCUT2D eigenvalue weighted by atomic mass is 16.2. The number of piperazine rings is 1. The van der Waals surface area contributed by atoms with Gasteiger partial charge in [0.15, 0.2) is 5.82 Å². The van der Waals surface area contributed by atoms with Gasteiger partial charge < -0.3 is 10.2 Å². The summed E-state index contributed by atoms with van der Waals surface area (Å²) in [4.78, 5) is 28.2. The van der Waals surface area contributed by atoms with Crippen LogP contribution in [-0.2, 0) is 23.2 Å². The number of nitrogens with zero attached hydrogens (tertiary/aromatic N) is 5. The van der Waals surface area contributed by atoms with Gasteiger partial charge >= 0.3 is 0 Å². The molecular weight excluding hydrogens is 272 g/mol. The Morgan fingerprint density at radius 2 is 1.81 bits per heavy atom. The average molecular weight is 294 g/mol. The van der Waals surface area contributed by atoms with Crippen molar-refractivity contribution in [3.05, 3.63) is 5.82 Å². The smallest absolute Gasteiger partial charge is 0.249 e. The van der Waals surface area contributed by atoms with Gasteiger partial charge in [0, 0.05) is 0 Å². The van der Waals surface area contributed by atoms with Gasteiger partial charge in [-0.1, -0.05) is 13.8 Å². The Hall–Kier alpha value is -1.99. The molecule has 0 bridgehead atoms. The zero-order valence-electron chi connectivity index (χ0n) is 13.2. The molecule has 0 atom stereocenters. The van der Waals surface area contributed by atoms with Crippen LogP contribution in [0.1, 0.15) is 46.4 Å². The van der Waals surface area contributed by atoms with Crippen LogP contribution in [0.5, 0.6) is 0 Å². The Labute approximate surface area is 123 Å². The predicted molar refractivity (Wildman–Crippen MR) is 74.9 cm³/mol. The van der Waals surface area contributed by atoms with Crippen LogP contribution in [0.3, 0.4) is 0 Å². The lowest BCUT2D eigenvalue weighted by Crippen LogP contribution is -2.73. The first-order valence-corrected chi connectivity index (χ1v) is 7.14. The fourth-order valence-corrected chi connectivity index (χ4v) is 2.59. The maximum absolute atomic E-state index is 12.9. The molecule has 1 aliphatic heterocycles. The number of aromatic nitrogens is 4. The molecule has 2 heterocycles. The van der Waals surface area contributed by atoms with Crippen LogP contribution >= 0.6 is 0 Å². The number of amides is 2. The number of aryl methyl sites for hydroxylation is 1. The van der Waals surface area contributed by atoms with Crippen LogP contribution in [0.15, 0.2) is 0 Å². The summed E-state index contributed by atoms with van der Waals surface area (Å²) < 4.78 is 0. The Bertz CT molecular complexity index is 561. The lowest BCUT2D eigenvalue weighted by molar-refractivity contribution is -0.162. The van der Waals surface area contributed by atoms with Crippen molar-refractivity contribution in [3.8, 4) is 0 Å². The lowest BCUT2D eigenvalue weighted by Gasteiger charge is -2.49. The minimum atomic E-state index is -0.940. The van der Waals surface area contributed by atoms with Crippen molar-refractivity contribution in [2.45, 2.75) is 58.2 Å². The standard InChI is InChI=1S/C13H22N6O2/c1-6-13(7-2)11(21)19(12(3,4)10(20)14-13)8-9-15-17-18(5)16-9/h6-8H2,1-5H3,(H,14,20). The van der Waals surface area contributed by atoms with E-state index in [0.29, 0.717) is 18.7 Å². The highest BCUT2D eigenvalue weighted by molar-refractivity contribution is 6.01. The fourth-order valence-electron chi connectivity index (χ4n) is 2.59. The van der Waals surface area contributed by atoms with E-state index in [2.05, 4.69) is 20.7 Å². The zero-order chi connectivity index (χ0) is 15.8. The average Bonchev–Trinajstić information content (AvgIpc) is 2.85. The van der Waals surface area contributed by atoms with Crippen LogP contribution < -0.4 is 5.32 Å². The molecule has 1 N–H and O–H groups in total. The van der Waals surface area contributed by atoms with E-state index >= 15 is 0 Å². The van der Waals surface area contributed by atoms with Crippen LogP contribution in [0, 0.1) is 0 Å². The van der Waals surface area contributed by atoms with Crippen LogP contribution in [0.2, 0.25) is 0 Å². The SMILES string of the molecule is CCC1(CC)NC(=O)C(C)(C)N(Cc2nnn(C)n2)C1=O. The maximum Gasteiger partial charge on any atom is 0.249 e. The molecule has 1 fully saturated rings. The third-order valence-electron chi connectivity index (χ3n) is 4.29. The van der Waals surface area contributed by atoms with E-state index in [0.717, 1.165) is 0 Å². The van der Waals surface area contributed by atoms with Gasteiger partial charge in [0.2, 0.25) is 11.8 Å². The summed E-state index contributed by atoms with van der Waals surface area (Å²) in [6.45, 7) is 7.43. The maximum atomic E-state index is 12.9. The van der Waals surface area contributed by atoms with Gasteiger partial charge in [-0.25, -0.2) is 0 Å². The second-order valence-electron chi connectivity index (χ2n) is 5.89. The summed E-state index contributed by atoms with van der Waals surface area (Å²) in [5.74, 6) is 0.175. The summed E-state index contributed by atoms with van der Waals surface area (Å²) in [5.41, 5.74) is -1.78. The van der Waals surface area contributed by atoms with E-state index in [1.807, 2.05) is 13.8 Å². The highest BCUT2D eigenvalue weighted by Gasteiger charge is 2.53. The van der Waals surface area contributed by atoms with Crippen molar-refractivity contribution < 1.29 is 9.59 Å². The minimum Gasteiger partial charge on any atom is -0.340 e. The Balaban J connectivity index is 2.38. The Kier molecular flexibility index (Phi) is 3.73. The Morgan fingerprint density at radius 3 is 2.29 bits per heavy atom. The fraction of sp³-hybridized carbons (Fsp3) is 0.769. The predicted octanol–water partition coefficient (Wildman–Crippen LogP) is 0.00590. The van der Waals surface area contributed by atoms with Gasteiger partial charge in [0.1, 0.15) is 11.1 Å². The van der Waals surface area contributed by atoms with Crippen LogP contribution in [0.4, 0.5) is 0 Å². The van der Waals surface area contributed by atoms with Gasteiger partial charge in [-0.05, 0) is 31.9 Å². The molecule has 0 radical (unpaired) electrons. The van der Waals surface area contributed by atoms with E-state index in [9.17, 15) is 9.59 Å². The molecule has 2 amide bonds. The first-order valence-electron chi connectivity index (χ1n) is 7.14. The van der Waals surface area contributed by atoms with Crippen molar-refractivity contribution in [3.63, 3.8) is 0 Å². The molecule has 8 nitrogen and oxygen atoms in total. The number of hydrogen-bond acceptors (Lipinski definition) is 5. The molecule has 0 aromatic carbocycles. The van der Waals surface area contributed by atoms with E-state index in [1.54, 1.807) is 25.8 Å². The topological polar surface area (TPSA) is 93.0 Å². The molecule has 21 heavy (non-hydrogen) atoms. The largest absolute Gasteiger partial charge is 0.340 e. The number of hydrogen-bond donors (Lipinski definition) is 1. The number of tetrazole rings is 1. The van der Waals surface area contributed by atoms with E-state index in [1.165, 1.54) is 4.80 Å². The lowest BCUT2D eigenvalue weighted by atomic mass is 9.83. The van der Waals surface area contributed by atoms with Gasteiger partial charge in [0.25, 0.3) is 0 Å². The van der Waals surface area contributed by atoms with Crippen molar-refractivity contribution in [2.75, 3.05) is 0 Å². The van der Waals surface area contributed by atoms with Gasteiger partial charge in [-0.2, -0.15) is 4.80 Å². The molecule has 116 valence electrons. The summed E-state index contributed by atoms with van der Waals surface area (Å²) in [7, 11) is 1.66. The molecule has 0 aliphatic carbocycles. The normalized spacial score (nSPS) is 20.5. The molecule has 8 heteroatoms. The first kappa shape index (κ1) is 15.4. The molecule has 0 spiro atoms. The summed E-state index contributed by atoms with van der Waals surface area (Å²) in [6.07, 6.45) is 1.10. The third kappa shape index (κ3) is 2.38. The Morgan fingerprint density at radius 1 is 1.19 bits per heavy atom. The van der Waals surface area contributed by atoms with E-state index in [4.69, 9.17) is 0 Å². The molecule has 0 saturated carbocycles. The molecule has 1 aliphatic rings. The molecule has 1 aromatic heterocycles. The first-order chi connectivity index (χ1) is 9.76. The third-order valence-corrected chi connectivity index (χ3v) is 4.29. The monoisotopic (exact) mass is 294 g/mol. The number of carbonyl (C=O) groups excluding carboxylic acids is 2. The van der Waals surface area contributed by atoms with E-state index < -0.39 is 11.1 Å². The van der Waals surface area contributed by atoms with Crippen LogP contribution in [-0.4, -0.2) is 48.0 Å². The van der Waals surface area contributed by atoms with Crippen molar-refractivity contribution >= 4 is 11.8 Å². The number of nitrogens with one attached hydrogen (secondary N) is 1. The van der Waals surface area contributed by atoms with Gasteiger partial charge in [-0.15, -0.1) is 10.2 Å². The highest BCUT2D eigenvalue weighted by Crippen LogP contribution is 2.31. The van der Waals surface area contributed by atoms with E-state index in [-0.39, 0.29) is 18.4 Å². The van der Waals surface area contributed by atoms with Gasteiger partial charge in [-0.3, -0.25) is 9.59 Å². The minimum absolute atomic E-state index is 0.0930. The van der Waals surface area contributed by atoms with Crippen molar-refractivity contribution in [1.82, 2.24) is 30.4 Å². The van der Waals surface area contributed by atoms with Crippen molar-refractivity contribution in [2.24, 2.45) is 7.05 Å². The second kappa shape index (κ2) is 5.09. The zero-order valence-corrected chi connectivity index (χ0v) is 13.2. The van der Waals surface area contributed by atoms with Gasteiger partial charge in [0.05, 0.1) is 13.6 Å². The number of rotatable bonds is 4. The molecule has 1 aromatic rings. The van der Waals surface area contributed by atoms with Crippen molar-refractivity contribution in [1.29, 1.82) is 0 Å². The second-order valence-corrected chi connectivity index (χ2v) is 5.89.